The Bertz CT molecular complexity index is 730. The number of hydrogen-bond acceptors (Lipinski definition) is 5. The molecule has 0 bridgehead atoms. The number of nitrogens with one attached hydrogen (secondary N) is 1. The Morgan fingerprint density at radius 2 is 1.56 bits per heavy atom. The van der Waals surface area contributed by atoms with E-state index in [1.165, 1.54) is 21.3 Å². The molecule has 0 aliphatic carbocycles. The van der Waals surface area contributed by atoms with Crippen LogP contribution in [0.3, 0.4) is 0 Å². The van der Waals surface area contributed by atoms with E-state index in [9.17, 15) is 4.79 Å². The van der Waals surface area contributed by atoms with Crippen LogP contribution in [0.25, 0.3) is 0 Å². The number of ether oxygens (including phenoxy) is 4. The van der Waals surface area contributed by atoms with Crippen molar-refractivity contribution in [3.63, 3.8) is 0 Å². The van der Waals surface area contributed by atoms with Crippen molar-refractivity contribution < 1.29 is 23.7 Å². The van der Waals surface area contributed by atoms with Crippen molar-refractivity contribution in [1.29, 1.82) is 0 Å². The molecule has 0 radical (unpaired) electrons. The Balaban J connectivity index is 2.22. The Kier molecular flexibility index (Phi) is 6.65. The Labute approximate surface area is 147 Å². The van der Waals surface area contributed by atoms with Gasteiger partial charge in [0.25, 0.3) is 5.91 Å². The topological polar surface area (TPSA) is 66.0 Å². The predicted molar refractivity (Wildman–Crippen MR) is 94.4 cm³/mol. The fourth-order valence-electron chi connectivity index (χ4n) is 2.58. The van der Waals surface area contributed by atoms with E-state index in [-0.39, 0.29) is 5.91 Å². The summed E-state index contributed by atoms with van der Waals surface area (Å²) in [7, 11) is 6.17. The number of hydrogen-bond donors (Lipinski definition) is 1. The third-order valence-corrected chi connectivity index (χ3v) is 3.81. The minimum atomic E-state index is -0.259. The van der Waals surface area contributed by atoms with Gasteiger partial charge in [0.15, 0.2) is 11.5 Å². The molecule has 6 nitrogen and oxygen atoms in total. The molecule has 2 aromatic carbocycles. The summed E-state index contributed by atoms with van der Waals surface area (Å²) in [6, 6.07) is 11.1. The standard InChI is InChI=1S/C19H23NO5/c1-22-12-14-8-6-5-7-13(14)11-20-19(21)15-9-10-16(23-2)18(25-4)17(15)24-3/h5-10H,11-12H2,1-4H3,(H,20,21). The minimum Gasteiger partial charge on any atom is -0.493 e. The number of benzene rings is 2. The maximum atomic E-state index is 12.6. The summed E-state index contributed by atoms with van der Waals surface area (Å²) in [5, 5.41) is 2.91. The summed E-state index contributed by atoms with van der Waals surface area (Å²) in [6.07, 6.45) is 0. The molecule has 2 aromatic rings. The highest BCUT2D eigenvalue weighted by molar-refractivity contribution is 5.98. The van der Waals surface area contributed by atoms with Crippen LogP contribution < -0.4 is 19.5 Å². The van der Waals surface area contributed by atoms with Gasteiger partial charge >= 0.3 is 0 Å². The molecule has 1 amide bonds. The molecule has 2 rings (SSSR count). The lowest BCUT2D eigenvalue weighted by Gasteiger charge is -2.16. The van der Waals surface area contributed by atoms with Crippen LogP contribution >= 0.6 is 0 Å². The van der Waals surface area contributed by atoms with Gasteiger partial charge in [-0.25, -0.2) is 0 Å². The summed E-state index contributed by atoms with van der Waals surface area (Å²) < 4.78 is 21.1. The van der Waals surface area contributed by atoms with E-state index in [4.69, 9.17) is 18.9 Å². The largest absolute Gasteiger partial charge is 0.493 e. The molecule has 25 heavy (non-hydrogen) atoms. The zero-order chi connectivity index (χ0) is 18.2. The van der Waals surface area contributed by atoms with Gasteiger partial charge in [-0.05, 0) is 23.3 Å². The molecule has 0 aliphatic heterocycles. The summed E-state index contributed by atoms with van der Waals surface area (Å²) in [5.41, 5.74) is 2.41. The highest BCUT2D eigenvalue weighted by atomic mass is 16.5. The second-order valence-corrected chi connectivity index (χ2v) is 5.27. The first kappa shape index (κ1) is 18.6. The van der Waals surface area contributed by atoms with Gasteiger partial charge in [0.1, 0.15) is 0 Å². The van der Waals surface area contributed by atoms with E-state index < -0.39 is 0 Å². The number of amides is 1. The van der Waals surface area contributed by atoms with Gasteiger partial charge in [0.05, 0.1) is 33.5 Å². The van der Waals surface area contributed by atoms with Crippen LogP contribution in [-0.2, 0) is 17.9 Å². The summed E-state index contributed by atoms with van der Waals surface area (Å²) in [6.45, 7) is 0.877. The van der Waals surface area contributed by atoms with E-state index in [0.29, 0.717) is 36.0 Å². The highest BCUT2D eigenvalue weighted by Gasteiger charge is 2.20. The van der Waals surface area contributed by atoms with E-state index >= 15 is 0 Å². The Hall–Kier alpha value is -2.73. The second kappa shape index (κ2) is 8.94. The molecule has 0 heterocycles. The predicted octanol–water partition coefficient (Wildman–Crippen LogP) is 2.79. The van der Waals surface area contributed by atoms with Crippen molar-refractivity contribution in [3.8, 4) is 17.2 Å². The van der Waals surface area contributed by atoms with Crippen LogP contribution in [0.2, 0.25) is 0 Å². The van der Waals surface area contributed by atoms with Crippen molar-refractivity contribution in [2.45, 2.75) is 13.2 Å². The number of methoxy groups -OCH3 is 4. The molecule has 0 aliphatic rings. The minimum absolute atomic E-state index is 0.259. The number of rotatable bonds is 8. The van der Waals surface area contributed by atoms with Gasteiger partial charge < -0.3 is 24.3 Å². The van der Waals surface area contributed by atoms with Gasteiger partial charge in [-0.15, -0.1) is 0 Å². The van der Waals surface area contributed by atoms with Crippen molar-refractivity contribution in [1.82, 2.24) is 5.32 Å². The lowest BCUT2D eigenvalue weighted by atomic mass is 10.1. The smallest absolute Gasteiger partial charge is 0.255 e. The fraction of sp³-hybridized carbons (Fsp3) is 0.316. The molecular formula is C19H23NO5. The second-order valence-electron chi connectivity index (χ2n) is 5.27. The number of carbonyl (C=O) groups excluding carboxylic acids is 1. The normalized spacial score (nSPS) is 10.2. The van der Waals surface area contributed by atoms with Crippen LogP contribution in [-0.4, -0.2) is 34.3 Å². The molecule has 0 aromatic heterocycles. The summed E-state index contributed by atoms with van der Waals surface area (Å²) >= 11 is 0. The van der Waals surface area contributed by atoms with Crippen LogP contribution in [0.15, 0.2) is 36.4 Å². The molecule has 0 saturated heterocycles. The average Bonchev–Trinajstić information content (AvgIpc) is 2.65. The van der Waals surface area contributed by atoms with E-state index in [2.05, 4.69) is 5.32 Å². The molecular weight excluding hydrogens is 322 g/mol. The summed E-state index contributed by atoms with van der Waals surface area (Å²) in [5.74, 6) is 0.966. The fourth-order valence-corrected chi connectivity index (χ4v) is 2.58. The number of carbonyl (C=O) groups is 1. The monoisotopic (exact) mass is 345 g/mol. The summed E-state index contributed by atoms with van der Waals surface area (Å²) in [4.78, 5) is 12.6. The van der Waals surface area contributed by atoms with Crippen molar-refractivity contribution in [2.75, 3.05) is 28.4 Å². The van der Waals surface area contributed by atoms with Gasteiger partial charge in [0, 0.05) is 13.7 Å². The lowest BCUT2D eigenvalue weighted by Crippen LogP contribution is -2.24. The van der Waals surface area contributed by atoms with Crippen molar-refractivity contribution in [2.24, 2.45) is 0 Å². The first-order valence-corrected chi connectivity index (χ1v) is 7.79. The molecule has 6 heteroatoms. The SMILES string of the molecule is COCc1ccccc1CNC(=O)c1ccc(OC)c(OC)c1OC. The van der Waals surface area contributed by atoms with Crippen molar-refractivity contribution in [3.05, 3.63) is 53.1 Å². The van der Waals surface area contributed by atoms with Crippen LogP contribution in [0, 0.1) is 0 Å². The van der Waals surface area contributed by atoms with E-state index in [1.54, 1.807) is 19.2 Å². The molecule has 0 saturated carbocycles. The van der Waals surface area contributed by atoms with E-state index in [0.717, 1.165) is 11.1 Å². The van der Waals surface area contributed by atoms with Crippen molar-refractivity contribution >= 4 is 5.91 Å². The first-order valence-electron chi connectivity index (χ1n) is 7.79. The Morgan fingerprint density at radius 3 is 2.16 bits per heavy atom. The van der Waals surface area contributed by atoms with Crippen LogP contribution in [0.1, 0.15) is 21.5 Å². The first-order chi connectivity index (χ1) is 12.2. The van der Waals surface area contributed by atoms with Gasteiger partial charge in [-0.3, -0.25) is 4.79 Å². The zero-order valence-electron chi connectivity index (χ0n) is 14.9. The maximum absolute atomic E-state index is 12.6. The third-order valence-electron chi connectivity index (χ3n) is 3.81. The molecule has 0 spiro atoms. The lowest BCUT2D eigenvalue weighted by molar-refractivity contribution is 0.0946. The maximum Gasteiger partial charge on any atom is 0.255 e. The Morgan fingerprint density at radius 1 is 0.880 bits per heavy atom. The van der Waals surface area contributed by atoms with Gasteiger partial charge in [-0.2, -0.15) is 0 Å². The third kappa shape index (κ3) is 4.22. The van der Waals surface area contributed by atoms with Crippen LogP contribution in [0.4, 0.5) is 0 Å². The molecule has 1 N–H and O–H groups in total. The quantitative estimate of drug-likeness (QED) is 0.797. The molecule has 134 valence electrons. The van der Waals surface area contributed by atoms with Gasteiger partial charge in [-0.1, -0.05) is 24.3 Å². The van der Waals surface area contributed by atoms with Crippen LogP contribution in [0.5, 0.6) is 17.2 Å². The van der Waals surface area contributed by atoms with E-state index in [1.807, 2.05) is 24.3 Å². The molecule has 0 atom stereocenters. The average molecular weight is 345 g/mol. The molecule has 0 fully saturated rings. The molecule has 0 unspecified atom stereocenters. The highest BCUT2D eigenvalue weighted by Crippen LogP contribution is 2.39. The zero-order valence-corrected chi connectivity index (χ0v) is 14.9. The van der Waals surface area contributed by atoms with Gasteiger partial charge in [0.2, 0.25) is 5.75 Å².